The van der Waals surface area contributed by atoms with E-state index in [1.54, 1.807) is 11.3 Å². The maximum atomic E-state index is 11.9. The SMILES string of the molecule is Cc1ccc(CC(=O)NCC2(C)CCNCC2)s1. The van der Waals surface area contributed by atoms with Crippen molar-refractivity contribution in [2.45, 2.75) is 33.1 Å². The number of hydrogen-bond acceptors (Lipinski definition) is 3. The lowest BCUT2D eigenvalue weighted by molar-refractivity contribution is -0.120. The molecule has 1 aliphatic heterocycles. The van der Waals surface area contributed by atoms with Crippen LogP contribution in [0.25, 0.3) is 0 Å². The van der Waals surface area contributed by atoms with Gasteiger partial charge in [-0.2, -0.15) is 0 Å². The van der Waals surface area contributed by atoms with Gasteiger partial charge < -0.3 is 10.6 Å². The quantitative estimate of drug-likeness (QED) is 0.876. The van der Waals surface area contributed by atoms with Crippen LogP contribution >= 0.6 is 11.3 Å². The first-order valence-electron chi connectivity index (χ1n) is 6.60. The predicted molar refractivity (Wildman–Crippen MR) is 76.0 cm³/mol. The molecule has 0 unspecified atom stereocenters. The molecule has 1 saturated heterocycles. The van der Waals surface area contributed by atoms with Gasteiger partial charge in [-0.25, -0.2) is 0 Å². The molecule has 0 spiro atoms. The molecule has 0 atom stereocenters. The van der Waals surface area contributed by atoms with Crippen molar-refractivity contribution >= 4 is 17.2 Å². The molecule has 0 saturated carbocycles. The number of amides is 1. The third-order valence-electron chi connectivity index (χ3n) is 3.65. The van der Waals surface area contributed by atoms with Gasteiger partial charge in [-0.15, -0.1) is 11.3 Å². The average molecular weight is 266 g/mol. The molecule has 2 N–H and O–H groups in total. The molecule has 3 nitrogen and oxygen atoms in total. The summed E-state index contributed by atoms with van der Waals surface area (Å²) >= 11 is 1.71. The zero-order chi connectivity index (χ0) is 13.0. The highest BCUT2D eigenvalue weighted by atomic mass is 32.1. The fourth-order valence-electron chi connectivity index (χ4n) is 2.32. The van der Waals surface area contributed by atoms with E-state index in [0.717, 1.165) is 37.4 Å². The summed E-state index contributed by atoms with van der Waals surface area (Å²) in [6.45, 7) is 7.27. The van der Waals surface area contributed by atoms with Crippen LogP contribution in [0, 0.1) is 12.3 Å². The van der Waals surface area contributed by atoms with Crippen LogP contribution in [-0.4, -0.2) is 25.5 Å². The lowest BCUT2D eigenvalue weighted by Crippen LogP contribution is -2.43. The van der Waals surface area contributed by atoms with E-state index in [1.807, 2.05) is 6.07 Å². The number of hydrogen-bond donors (Lipinski definition) is 2. The van der Waals surface area contributed by atoms with Crippen LogP contribution in [0.15, 0.2) is 12.1 Å². The largest absolute Gasteiger partial charge is 0.355 e. The Kier molecular flexibility index (Phi) is 4.40. The molecule has 100 valence electrons. The lowest BCUT2D eigenvalue weighted by Gasteiger charge is -2.34. The predicted octanol–water partition coefficient (Wildman–Crippen LogP) is 2.10. The Morgan fingerprint density at radius 1 is 1.44 bits per heavy atom. The molecule has 4 heteroatoms. The van der Waals surface area contributed by atoms with Gasteiger partial charge in [-0.3, -0.25) is 4.79 Å². The number of piperidine rings is 1. The molecule has 1 aromatic rings. The summed E-state index contributed by atoms with van der Waals surface area (Å²) in [4.78, 5) is 14.3. The Morgan fingerprint density at radius 3 is 2.78 bits per heavy atom. The van der Waals surface area contributed by atoms with Crippen molar-refractivity contribution in [2.75, 3.05) is 19.6 Å². The Hall–Kier alpha value is -0.870. The van der Waals surface area contributed by atoms with Gasteiger partial charge in [0.05, 0.1) is 6.42 Å². The minimum Gasteiger partial charge on any atom is -0.355 e. The molecule has 0 bridgehead atoms. The monoisotopic (exact) mass is 266 g/mol. The molecule has 0 aromatic carbocycles. The standard InChI is InChI=1S/C14H22N2OS/c1-11-3-4-12(18-11)9-13(17)16-10-14(2)5-7-15-8-6-14/h3-4,15H,5-10H2,1-2H3,(H,16,17). The van der Waals surface area contributed by atoms with E-state index in [0.29, 0.717) is 6.42 Å². The van der Waals surface area contributed by atoms with E-state index < -0.39 is 0 Å². The summed E-state index contributed by atoms with van der Waals surface area (Å²) < 4.78 is 0. The van der Waals surface area contributed by atoms with Crippen molar-refractivity contribution in [3.63, 3.8) is 0 Å². The van der Waals surface area contributed by atoms with E-state index in [2.05, 4.69) is 30.5 Å². The van der Waals surface area contributed by atoms with Gasteiger partial charge in [-0.1, -0.05) is 6.92 Å². The van der Waals surface area contributed by atoms with Crippen molar-refractivity contribution in [3.05, 3.63) is 21.9 Å². The first-order chi connectivity index (χ1) is 8.57. The number of rotatable bonds is 4. The van der Waals surface area contributed by atoms with Crippen molar-refractivity contribution in [1.82, 2.24) is 10.6 Å². The molecule has 2 heterocycles. The third-order valence-corrected chi connectivity index (χ3v) is 4.65. The van der Waals surface area contributed by atoms with E-state index in [-0.39, 0.29) is 11.3 Å². The second-order valence-electron chi connectivity index (χ2n) is 5.53. The van der Waals surface area contributed by atoms with Crippen LogP contribution in [0.3, 0.4) is 0 Å². The van der Waals surface area contributed by atoms with Crippen molar-refractivity contribution in [2.24, 2.45) is 5.41 Å². The molecule has 1 aliphatic rings. The second kappa shape index (κ2) is 5.85. The van der Waals surface area contributed by atoms with Gasteiger partial charge in [0.15, 0.2) is 0 Å². The lowest BCUT2D eigenvalue weighted by atomic mass is 9.81. The van der Waals surface area contributed by atoms with E-state index >= 15 is 0 Å². The third kappa shape index (κ3) is 3.82. The van der Waals surface area contributed by atoms with E-state index in [1.165, 1.54) is 4.88 Å². The average Bonchev–Trinajstić information content (AvgIpc) is 2.73. The Bertz CT molecular complexity index is 408. The normalized spacial score (nSPS) is 18.6. The molecular weight excluding hydrogens is 244 g/mol. The highest BCUT2D eigenvalue weighted by Gasteiger charge is 2.26. The summed E-state index contributed by atoms with van der Waals surface area (Å²) in [6, 6.07) is 4.12. The van der Waals surface area contributed by atoms with E-state index in [4.69, 9.17) is 0 Å². The van der Waals surface area contributed by atoms with Crippen LogP contribution in [0.2, 0.25) is 0 Å². The molecule has 18 heavy (non-hydrogen) atoms. The number of thiophene rings is 1. The van der Waals surface area contributed by atoms with Gasteiger partial charge in [0.1, 0.15) is 0 Å². The highest BCUT2D eigenvalue weighted by molar-refractivity contribution is 7.12. The fourth-order valence-corrected chi connectivity index (χ4v) is 3.21. The molecule has 1 amide bonds. The summed E-state index contributed by atoms with van der Waals surface area (Å²) in [5.41, 5.74) is 0.270. The molecule has 0 aliphatic carbocycles. The fraction of sp³-hybridized carbons (Fsp3) is 0.643. The van der Waals surface area contributed by atoms with Crippen molar-refractivity contribution in [1.29, 1.82) is 0 Å². The highest BCUT2D eigenvalue weighted by Crippen LogP contribution is 2.26. The molecule has 1 fully saturated rings. The summed E-state index contributed by atoms with van der Waals surface area (Å²) in [5, 5.41) is 6.45. The van der Waals surface area contributed by atoms with Crippen LogP contribution in [0.4, 0.5) is 0 Å². The second-order valence-corrected chi connectivity index (χ2v) is 6.90. The van der Waals surface area contributed by atoms with Crippen LogP contribution < -0.4 is 10.6 Å². The maximum Gasteiger partial charge on any atom is 0.225 e. The van der Waals surface area contributed by atoms with Gasteiger partial charge in [0, 0.05) is 16.3 Å². The Balaban J connectivity index is 1.77. The van der Waals surface area contributed by atoms with Crippen molar-refractivity contribution in [3.8, 4) is 0 Å². The smallest absolute Gasteiger partial charge is 0.225 e. The molecule has 1 aromatic heterocycles. The Labute approximate surface area is 113 Å². The van der Waals surface area contributed by atoms with Crippen LogP contribution in [0.5, 0.6) is 0 Å². The van der Waals surface area contributed by atoms with Crippen molar-refractivity contribution < 1.29 is 4.79 Å². The zero-order valence-corrected chi connectivity index (χ0v) is 12.0. The van der Waals surface area contributed by atoms with Gasteiger partial charge >= 0.3 is 0 Å². The number of aryl methyl sites for hydroxylation is 1. The summed E-state index contributed by atoms with van der Waals surface area (Å²) in [5.74, 6) is 0.150. The molecule has 0 radical (unpaired) electrons. The first-order valence-corrected chi connectivity index (χ1v) is 7.42. The minimum atomic E-state index is 0.150. The summed E-state index contributed by atoms with van der Waals surface area (Å²) in [6.07, 6.45) is 2.81. The Morgan fingerprint density at radius 2 is 2.17 bits per heavy atom. The van der Waals surface area contributed by atoms with Crippen LogP contribution in [-0.2, 0) is 11.2 Å². The minimum absolute atomic E-state index is 0.150. The topological polar surface area (TPSA) is 41.1 Å². The molecular formula is C14H22N2OS. The van der Waals surface area contributed by atoms with Gasteiger partial charge in [0.25, 0.3) is 0 Å². The molecule has 2 rings (SSSR count). The summed E-state index contributed by atoms with van der Waals surface area (Å²) in [7, 11) is 0. The van der Waals surface area contributed by atoms with Crippen LogP contribution in [0.1, 0.15) is 29.5 Å². The van der Waals surface area contributed by atoms with E-state index in [9.17, 15) is 4.79 Å². The van der Waals surface area contributed by atoms with Gasteiger partial charge in [0.2, 0.25) is 5.91 Å². The number of carbonyl (C=O) groups excluding carboxylic acids is 1. The zero-order valence-electron chi connectivity index (χ0n) is 11.2. The first kappa shape index (κ1) is 13.6. The van der Waals surface area contributed by atoms with Gasteiger partial charge in [-0.05, 0) is 50.4 Å². The number of carbonyl (C=O) groups is 1. The number of nitrogens with one attached hydrogen (secondary N) is 2. The maximum absolute atomic E-state index is 11.9.